The monoisotopic (exact) mass is 251 g/mol. The Morgan fingerprint density at radius 2 is 1.71 bits per heavy atom. The van der Waals surface area contributed by atoms with Crippen LogP contribution in [0.4, 0.5) is 0 Å². The Labute approximate surface area is 97.6 Å². The second-order valence-corrected chi connectivity index (χ2v) is 3.49. The highest BCUT2D eigenvalue weighted by atomic mass is 16.6. The van der Waals surface area contributed by atoms with Crippen LogP contribution in [0.1, 0.15) is 25.7 Å². The summed E-state index contributed by atoms with van der Waals surface area (Å²) in [5, 5.41) is 34.6. The number of ether oxygens (including phenoxy) is 1. The number of aliphatic hydroxyl groups excluding tert-OH is 2. The zero-order valence-corrected chi connectivity index (χ0v) is 9.15. The molecule has 0 bridgehead atoms. The molecule has 0 rings (SSSR count). The van der Waals surface area contributed by atoms with Crippen LogP contribution in [0.15, 0.2) is 0 Å². The molecule has 8 heteroatoms. The molecule has 8 nitrogen and oxygen atoms in total. The van der Waals surface area contributed by atoms with E-state index in [1.165, 1.54) is 0 Å². The topological polar surface area (TPSA) is 150 Å². The van der Waals surface area contributed by atoms with Gasteiger partial charge in [-0.2, -0.15) is 0 Å². The Morgan fingerprint density at radius 3 is 2.18 bits per heavy atom. The van der Waals surface area contributed by atoms with Crippen LogP contribution in [0.3, 0.4) is 0 Å². The summed E-state index contributed by atoms with van der Waals surface area (Å²) in [6.07, 6.45) is -3.60. The lowest BCUT2D eigenvalue weighted by molar-refractivity contribution is -0.172. The molecule has 17 heavy (non-hydrogen) atoms. The van der Waals surface area contributed by atoms with Crippen molar-refractivity contribution in [1.82, 2.24) is 0 Å². The molecule has 0 aliphatic heterocycles. The predicted octanol–water partition coefficient (Wildman–Crippen LogP) is -1.87. The number of carboxylic acid groups (broad SMARTS) is 1. The first-order valence-electron chi connectivity index (χ1n) is 5.05. The molecule has 0 aromatic rings. The number of carbonyl (C=O) groups excluding carboxylic acids is 1. The maximum atomic E-state index is 11.1. The largest absolute Gasteiger partial charge is 0.480 e. The molecule has 0 saturated heterocycles. The predicted molar refractivity (Wildman–Crippen MR) is 54.4 cm³/mol. The standard InChI is InChI=1S/C9H17NO7/c10-5(9(15)16)1-3-7(13)17-8(14)4-2-6(11)12/h5-6,8,11-12,14H,1-4,10H2,(H,15,16)/t5-,8?/m0/s1. The molecule has 100 valence electrons. The summed E-state index contributed by atoms with van der Waals surface area (Å²) < 4.78 is 4.48. The van der Waals surface area contributed by atoms with Crippen molar-refractivity contribution in [3.63, 3.8) is 0 Å². The fraction of sp³-hybridized carbons (Fsp3) is 0.778. The molecule has 1 unspecified atom stereocenters. The van der Waals surface area contributed by atoms with Crippen molar-refractivity contribution >= 4 is 11.9 Å². The van der Waals surface area contributed by atoms with Gasteiger partial charge in [0.25, 0.3) is 0 Å². The van der Waals surface area contributed by atoms with Crippen LogP contribution in [0.25, 0.3) is 0 Å². The van der Waals surface area contributed by atoms with Gasteiger partial charge in [0.2, 0.25) is 6.29 Å². The minimum absolute atomic E-state index is 0.0937. The maximum Gasteiger partial charge on any atom is 0.320 e. The quantitative estimate of drug-likeness (QED) is 0.248. The van der Waals surface area contributed by atoms with Crippen LogP contribution in [-0.4, -0.2) is 51.0 Å². The molecule has 0 amide bonds. The Morgan fingerprint density at radius 1 is 1.12 bits per heavy atom. The average molecular weight is 251 g/mol. The van der Waals surface area contributed by atoms with Gasteiger partial charge < -0.3 is 30.9 Å². The first kappa shape index (κ1) is 15.8. The number of rotatable bonds is 8. The molecule has 0 radical (unpaired) electrons. The smallest absolute Gasteiger partial charge is 0.320 e. The number of hydrogen-bond acceptors (Lipinski definition) is 7. The van der Waals surface area contributed by atoms with Crippen molar-refractivity contribution in [3.8, 4) is 0 Å². The molecule has 0 aromatic heterocycles. The lowest BCUT2D eigenvalue weighted by Gasteiger charge is -2.13. The third kappa shape index (κ3) is 8.57. The van der Waals surface area contributed by atoms with E-state index in [0.717, 1.165) is 0 Å². The van der Waals surface area contributed by atoms with Crippen LogP contribution in [0.2, 0.25) is 0 Å². The Kier molecular flexibility index (Phi) is 7.39. The van der Waals surface area contributed by atoms with Gasteiger partial charge in [-0.15, -0.1) is 0 Å². The van der Waals surface area contributed by atoms with E-state index in [0.29, 0.717) is 0 Å². The van der Waals surface area contributed by atoms with E-state index in [1.807, 2.05) is 0 Å². The first-order valence-corrected chi connectivity index (χ1v) is 5.05. The van der Waals surface area contributed by atoms with Gasteiger partial charge in [-0.25, -0.2) is 0 Å². The van der Waals surface area contributed by atoms with Gasteiger partial charge >= 0.3 is 11.9 Å². The van der Waals surface area contributed by atoms with E-state index in [-0.39, 0.29) is 25.7 Å². The first-order chi connectivity index (χ1) is 7.82. The zero-order valence-electron chi connectivity index (χ0n) is 9.15. The molecule has 0 aliphatic rings. The van der Waals surface area contributed by atoms with Gasteiger partial charge in [-0.3, -0.25) is 9.59 Å². The highest BCUT2D eigenvalue weighted by molar-refractivity contribution is 5.75. The third-order valence-corrected chi connectivity index (χ3v) is 1.92. The number of carbonyl (C=O) groups is 2. The van der Waals surface area contributed by atoms with Gasteiger partial charge in [-0.1, -0.05) is 0 Å². The number of esters is 1. The fourth-order valence-corrected chi connectivity index (χ4v) is 0.958. The van der Waals surface area contributed by atoms with E-state index in [4.69, 9.17) is 26.2 Å². The molecule has 0 saturated carbocycles. The maximum absolute atomic E-state index is 11.1. The zero-order chi connectivity index (χ0) is 13.4. The molecular formula is C9H17NO7. The highest BCUT2D eigenvalue weighted by Crippen LogP contribution is 2.05. The van der Waals surface area contributed by atoms with Crippen molar-refractivity contribution in [1.29, 1.82) is 0 Å². The molecule has 6 N–H and O–H groups in total. The summed E-state index contributed by atoms with van der Waals surface area (Å²) in [6, 6.07) is -1.15. The van der Waals surface area contributed by atoms with Crippen LogP contribution in [0.5, 0.6) is 0 Å². The molecule has 0 spiro atoms. The second-order valence-electron chi connectivity index (χ2n) is 3.49. The van der Waals surface area contributed by atoms with Crippen molar-refractivity contribution in [2.24, 2.45) is 5.73 Å². The van der Waals surface area contributed by atoms with E-state index < -0.39 is 30.6 Å². The molecule has 0 aromatic carbocycles. The van der Waals surface area contributed by atoms with Crippen molar-refractivity contribution in [3.05, 3.63) is 0 Å². The lowest BCUT2D eigenvalue weighted by Crippen LogP contribution is -2.31. The molecular weight excluding hydrogens is 234 g/mol. The van der Waals surface area contributed by atoms with Gasteiger partial charge in [0, 0.05) is 19.3 Å². The van der Waals surface area contributed by atoms with Crippen LogP contribution in [-0.2, 0) is 14.3 Å². The van der Waals surface area contributed by atoms with Gasteiger partial charge in [0.1, 0.15) is 6.04 Å². The summed E-state index contributed by atoms with van der Waals surface area (Å²) in [4.78, 5) is 21.4. The summed E-state index contributed by atoms with van der Waals surface area (Å²) in [5.41, 5.74) is 5.16. The molecule has 0 aliphatic carbocycles. The molecule has 0 heterocycles. The van der Waals surface area contributed by atoms with Crippen LogP contribution in [0, 0.1) is 0 Å². The number of nitrogens with two attached hydrogens (primary N) is 1. The van der Waals surface area contributed by atoms with Crippen LogP contribution >= 0.6 is 0 Å². The van der Waals surface area contributed by atoms with Crippen molar-refractivity contribution in [2.75, 3.05) is 0 Å². The second kappa shape index (κ2) is 7.96. The molecule has 0 fully saturated rings. The van der Waals surface area contributed by atoms with E-state index in [1.54, 1.807) is 0 Å². The van der Waals surface area contributed by atoms with E-state index >= 15 is 0 Å². The Bertz CT molecular complexity index is 256. The van der Waals surface area contributed by atoms with Gasteiger partial charge in [0.05, 0.1) is 0 Å². The minimum Gasteiger partial charge on any atom is -0.480 e. The normalized spacial score (nSPS) is 14.4. The van der Waals surface area contributed by atoms with Gasteiger partial charge in [0.15, 0.2) is 6.29 Å². The van der Waals surface area contributed by atoms with E-state index in [9.17, 15) is 9.59 Å². The van der Waals surface area contributed by atoms with E-state index in [2.05, 4.69) is 4.74 Å². The van der Waals surface area contributed by atoms with Gasteiger partial charge in [-0.05, 0) is 6.42 Å². The highest BCUT2D eigenvalue weighted by Gasteiger charge is 2.16. The number of aliphatic hydroxyl groups is 3. The molecule has 2 atom stereocenters. The summed E-state index contributed by atoms with van der Waals surface area (Å²) in [6.45, 7) is 0. The average Bonchev–Trinajstić information content (AvgIpc) is 2.22. The number of hydrogen-bond donors (Lipinski definition) is 5. The lowest BCUT2D eigenvalue weighted by atomic mass is 10.2. The van der Waals surface area contributed by atoms with Crippen molar-refractivity contribution in [2.45, 2.75) is 44.3 Å². The Balaban J connectivity index is 3.74. The summed E-state index contributed by atoms with van der Waals surface area (Å²) in [7, 11) is 0. The number of carboxylic acids is 1. The van der Waals surface area contributed by atoms with Crippen molar-refractivity contribution < 1.29 is 34.8 Å². The SMILES string of the molecule is N[C@@H](CCC(=O)OC(O)CCC(O)O)C(=O)O. The summed E-state index contributed by atoms with van der Waals surface area (Å²) >= 11 is 0. The fourth-order valence-electron chi connectivity index (χ4n) is 0.958. The third-order valence-electron chi connectivity index (χ3n) is 1.92. The number of aliphatic carboxylic acids is 1. The Hall–Kier alpha value is -1.22. The summed E-state index contributed by atoms with van der Waals surface area (Å²) in [5.74, 6) is -2.01. The minimum atomic E-state index is -1.58. The van der Waals surface area contributed by atoms with Crippen LogP contribution < -0.4 is 5.73 Å².